The van der Waals surface area contributed by atoms with Crippen molar-refractivity contribution >= 4 is 79.0 Å². The first-order chi connectivity index (χ1) is 12.3. The number of nitrogens with zero attached hydrogens (tertiary/aromatic N) is 1. The Hall–Kier alpha value is -0.454. The van der Waals surface area contributed by atoms with E-state index in [9.17, 15) is 18.0 Å². The van der Waals surface area contributed by atoms with Gasteiger partial charge >= 0.3 is 6.03 Å². The van der Waals surface area contributed by atoms with Gasteiger partial charge in [0.05, 0.1) is 5.75 Å². The normalized spacial score (nSPS) is 14.7. The molecule has 0 bridgehead atoms. The summed E-state index contributed by atoms with van der Waals surface area (Å²) < 4.78 is 26.2. The predicted octanol–water partition coefficient (Wildman–Crippen LogP) is 1.21. The number of fused-ring (bicyclic) bond motifs is 2. The van der Waals surface area contributed by atoms with Crippen molar-refractivity contribution in [1.29, 1.82) is 0 Å². The quantitative estimate of drug-likeness (QED) is 0.703. The molecule has 0 fully saturated rings. The Morgan fingerprint density at radius 1 is 1.04 bits per heavy atom. The number of benzene rings is 1. The zero-order chi connectivity index (χ0) is 18.9. The van der Waals surface area contributed by atoms with Gasteiger partial charge in [0.2, 0.25) is 15.9 Å². The largest absolute Gasteiger partial charge is 0.349 e. The van der Waals surface area contributed by atoms with Gasteiger partial charge in [0.25, 0.3) is 0 Å². The van der Waals surface area contributed by atoms with Gasteiger partial charge in [-0.1, -0.05) is 6.07 Å². The van der Waals surface area contributed by atoms with Gasteiger partial charge in [-0.15, -0.1) is 0 Å². The molecule has 0 saturated carbocycles. The van der Waals surface area contributed by atoms with Crippen LogP contribution in [0.2, 0.25) is 0 Å². The van der Waals surface area contributed by atoms with Crippen molar-refractivity contribution in [1.82, 2.24) is 9.62 Å². The Kier molecular flexibility index (Phi) is 7.92. The smallest absolute Gasteiger partial charge is 0.332 e. The molecule has 143 valence electrons. The molecule has 2 aliphatic carbocycles. The van der Waals surface area contributed by atoms with Gasteiger partial charge in [-0.05, 0) is 60.8 Å². The maximum Gasteiger partial charge on any atom is 0.332 e. The third-order valence-corrected chi connectivity index (χ3v) is 6.28. The third-order valence-electron chi connectivity index (χ3n) is 5.04. The second kappa shape index (κ2) is 9.36. The average Bonchev–Trinajstić information content (AvgIpc) is 3.20. The first-order valence-corrected chi connectivity index (χ1v) is 10.6. The van der Waals surface area contributed by atoms with Gasteiger partial charge in [0.1, 0.15) is 0 Å². The summed E-state index contributed by atoms with van der Waals surface area (Å²) >= 11 is 0. The molecule has 0 atom stereocenters. The second-order valence-corrected chi connectivity index (χ2v) is 8.99. The van der Waals surface area contributed by atoms with Crippen LogP contribution in [0, 0.1) is 0 Å². The monoisotopic (exact) mass is 418 g/mol. The number of amides is 3. The summed E-state index contributed by atoms with van der Waals surface area (Å²) in [5.74, 6) is -0.711. The Morgan fingerprint density at radius 3 is 2.11 bits per heavy atom. The number of hydrogen-bond donors (Lipinski definition) is 2. The molecule has 0 saturated heterocycles. The minimum atomic E-state index is -3.87. The van der Waals surface area contributed by atoms with E-state index < -0.39 is 21.8 Å². The molecule has 2 N–H and O–H groups in total. The van der Waals surface area contributed by atoms with E-state index in [-0.39, 0.29) is 63.7 Å². The number of carbonyl (C=O) groups is 2. The van der Waals surface area contributed by atoms with Crippen molar-refractivity contribution in [3.8, 4) is 0 Å². The number of nitrogens with one attached hydrogen (secondary N) is 2. The van der Waals surface area contributed by atoms with Crippen molar-refractivity contribution in [2.75, 3.05) is 25.2 Å². The molecule has 9 heteroatoms. The second-order valence-electron chi connectivity index (χ2n) is 7.15. The van der Waals surface area contributed by atoms with Crippen LogP contribution in [0.25, 0.3) is 0 Å². The minimum Gasteiger partial charge on any atom is -0.349 e. The zero-order valence-electron chi connectivity index (χ0n) is 16.2. The summed E-state index contributed by atoms with van der Waals surface area (Å²) in [4.78, 5) is 25.2. The number of rotatable bonds is 5. The van der Waals surface area contributed by atoms with E-state index in [2.05, 4.69) is 11.4 Å². The number of urea groups is 1. The van der Waals surface area contributed by atoms with Gasteiger partial charge in [0.15, 0.2) is 0 Å². The van der Waals surface area contributed by atoms with E-state index in [0.29, 0.717) is 0 Å². The van der Waals surface area contributed by atoms with Crippen LogP contribution in [0.4, 0.5) is 10.5 Å². The minimum absolute atomic E-state index is 0. The summed E-state index contributed by atoms with van der Waals surface area (Å²) in [6.07, 6.45) is 5.77. The molecule has 0 spiro atoms. The summed E-state index contributed by atoms with van der Waals surface area (Å²) in [6, 6.07) is 1.49. The molecule has 7 nitrogen and oxygen atoms in total. The van der Waals surface area contributed by atoms with Crippen molar-refractivity contribution < 1.29 is 18.0 Å². The van der Waals surface area contributed by atoms with Gasteiger partial charge in [-0.2, -0.15) is 0 Å². The molecular weight excluding hydrogens is 393 g/mol. The molecule has 3 amide bonds. The molecule has 0 heterocycles. The molecule has 3 rings (SSSR count). The van der Waals surface area contributed by atoms with E-state index in [1.165, 1.54) is 16.0 Å². The van der Waals surface area contributed by atoms with E-state index >= 15 is 0 Å². The molecule has 0 aromatic heterocycles. The maximum atomic E-state index is 12.3. The fraction of sp³-hybridized carbons (Fsp3) is 0.556. The predicted molar refractivity (Wildman–Crippen MR) is 105 cm³/mol. The first-order valence-electron chi connectivity index (χ1n) is 8.95. The summed E-state index contributed by atoms with van der Waals surface area (Å²) in [7, 11) is -0.745. The number of hydrogen-bond acceptors (Lipinski definition) is 4. The van der Waals surface area contributed by atoms with Crippen LogP contribution < -0.4 is 10.0 Å². The first kappa shape index (κ1) is 22.8. The van der Waals surface area contributed by atoms with Gasteiger partial charge in [0, 0.05) is 77.6 Å². The van der Waals surface area contributed by atoms with Crippen LogP contribution in [0.1, 0.15) is 41.5 Å². The van der Waals surface area contributed by atoms with Crippen LogP contribution >= 0.6 is 0 Å². The summed E-state index contributed by atoms with van der Waals surface area (Å²) in [6.45, 7) is 0. The molecule has 27 heavy (non-hydrogen) atoms. The molecular formula is C18H25KN3O4S. The summed E-state index contributed by atoms with van der Waals surface area (Å²) in [5, 5.41) is 2.78. The molecule has 2 aliphatic rings. The third kappa shape index (κ3) is 5.54. The standard InChI is InChI=1S/C18H25N3O4S.K/c1-21(2)16(22)9-10-26(24,25)20-18(23)19-17-14-7-3-5-12(14)11-13-6-4-8-15(13)17;/h11H,3-10H2,1-2H3,(H2,19,20,23);. The van der Waals surface area contributed by atoms with Gasteiger partial charge < -0.3 is 10.2 Å². The van der Waals surface area contributed by atoms with Crippen molar-refractivity contribution in [3.63, 3.8) is 0 Å². The van der Waals surface area contributed by atoms with Crippen LogP contribution in [0.3, 0.4) is 0 Å². The average molecular weight is 419 g/mol. The van der Waals surface area contributed by atoms with Gasteiger partial charge in [-0.3, -0.25) is 4.79 Å². The van der Waals surface area contributed by atoms with Crippen LogP contribution in [-0.4, -0.2) is 96.5 Å². The van der Waals surface area contributed by atoms with E-state index in [1.807, 2.05) is 4.72 Å². The Labute approximate surface area is 203 Å². The van der Waals surface area contributed by atoms with Crippen LogP contribution in [0.15, 0.2) is 6.07 Å². The Morgan fingerprint density at radius 2 is 1.59 bits per heavy atom. The van der Waals surface area contributed by atoms with E-state index in [1.54, 1.807) is 14.1 Å². The molecule has 0 aliphatic heterocycles. The van der Waals surface area contributed by atoms with Crippen molar-refractivity contribution in [2.24, 2.45) is 0 Å². The number of carbonyl (C=O) groups excluding carboxylic acids is 2. The molecule has 1 aromatic rings. The maximum absolute atomic E-state index is 12.3. The molecule has 0 unspecified atom stereocenters. The fourth-order valence-electron chi connectivity index (χ4n) is 3.74. The SMILES string of the molecule is CN(C)C(=O)CCS(=O)(=O)NC(=O)Nc1c2c(cc3c1CCC3)CCC2.[K]. The number of aryl methyl sites for hydroxylation is 2. The van der Waals surface area contributed by atoms with E-state index in [0.717, 1.165) is 55.3 Å². The topological polar surface area (TPSA) is 95.6 Å². The number of sulfonamides is 1. The number of anilines is 1. The van der Waals surface area contributed by atoms with Crippen LogP contribution in [0.5, 0.6) is 0 Å². The van der Waals surface area contributed by atoms with Crippen molar-refractivity contribution in [2.45, 2.75) is 44.9 Å². The Balaban J connectivity index is 0.00000261. The molecule has 1 radical (unpaired) electrons. The van der Waals surface area contributed by atoms with E-state index in [4.69, 9.17) is 0 Å². The zero-order valence-corrected chi connectivity index (χ0v) is 20.2. The molecule has 1 aromatic carbocycles. The van der Waals surface area contributed by atoms with Crippen molar-refractivity contribution in [3.05, 3.63) is 28.3 Å². The Bertz CT molecular complexity index is 820. The summed E-state index contributed by atoms with van der Waals surface area (Å²) in [5.41, 5.74) is 5.60. The van der Waals surface area contributed by atoms with Gasteiger partial charge in [-0.25, -0.2) is 17.9 Å². The fourth-order valence-corrected chi connectivity index (χ4v) is 4.62. The van der Waals surface area contributed by atoms with Crippen LogP contribution in [-0.2, 0) is 40.5 Å².